The van der Waals surface area contributed by atoms with E-state index in [1.807, 2.05) is 10.8 Å². The quantitative estimate of drug-likeness (QED) is 0.603. The zero-order chi connectivity index (χ0) is 14.4. The number of ether oxygens (including phenoxy) is 1. The van der Waals surface area contributed by atoms with Crippen molar-refractivity contribution in [3.05, 3.63) is 36.7 Å². The summed E-state index contributed by atoms with van der Waals surface area (Å²) in [6.45, 7) is 1.71. The molecule has 108 valence electrons. The SMILES string of the molecule is COc1cc(NCCCCn2ccnc2)c(N)cc1F. The molecule has 20 heavy (non-hydrogen) atoms. The van der Waals surface area contributed by atoms with Gasteiger partial charge in [0.2, 0.25) is 0 Å². The highest BCUT2D eigenvalue weighted by Gasteiger charge is 2.07. The number of hydrogen-bond acceptors (Lipinski definition) is 4. The number of rotatable bonds is 7. The Morgan fingerprint density at radius 3 is 2.95 bits per heavy atom. The van der Waals surface area contributed by atoms with Crippen LogP contribution >= 0.6 is 0 Å². The van der Waals surface area contributed by atoms with Gasteiger partial charge >= 0.3 is 0 Å². The first-order valence-corrected chi connectivity index (χ1v) is 6.53. The van der Waals surface area contributed by atoms with Gasteiger partial charge in [0.1, 0.15) is 0 Å². The number of nitrogen functional groups attached to an aromatic ring is 1. The van der Waals surface area contributed by atoms with Crippen LogP contribution in [0.5, 0.6) is 5.75 Å². The molecular formula is C14H19FN4O. The predicted octanol–water partition coefficient (Wildman–Crippen LogP) is 2.51. The van der Waals surface area contributed by atoms with E-state index in [1.54, 1.807) is 18.6 Å². The molecule has 0 aliphatic heterocycles. The van der Waals surface area contributed by atoms with E-state index in [2.05, 4.69) is 10.3 Å². The lowest BCUT2D eigenvalue weighted by molar-refractivity contribution is 0.387. The maximum atomic E-state index is 13.4. The van der Waals surface area contributed by atoms with Crippen molar-refractivity contribution in [3.8, 4) is 5.75 Å². The van der Waals surface area contributed by atoms with Gasteiger partial charge in [-0.05, 0) is 12.8 Å². The van der Waals surface area contributed by atoms with Crippen LogP contribution in [0, 0.1) is 5.82 Å². The lowest BCUT2D eigenvalue weighted by Crippen LogP contribution is -2.06. The Morgan fingerprint density at radius 2 is 2.25 bits per heavy atom. The van der Waals surface area contributed by atoms with Crippen LogP contribution in [-0.2, 0) is 6.54 Å². The fourth-order valence-electron chi connectivity index (χ4n) is 1.94. The largest absolute Gasteiger partial charge is 0.494 e. The van der Waals surface area contributed by atoms with Gasteiger partial charge in [-0.1, -0.05) is 0 Å². The van der Waals surface area contributed by atoms with E-state index in [0.717, 1.165) is 25.9 Å². The van der Waals surface area contributed by atoms with Gasteiger partial charge in [0.15, 0.2) is 11.6 Å². The van der Waals surface area contributed by atoms with Gasteiger partial charge in [-0.2, -0.15) is 0 Å². The van der Waals surface area contributed by atoms with Crippen molar-refractivity contribution >= 4 is 11.4 Å². The number of halogens is 1. The molecule has 0 aliphatic carbocycles. The third-order valence-electron chi connectivity index (χ3n) is 3.04. The minimum atomic E-state index is -0.448. The first-order valence-electron chi connectivity index (χ1n) is 6.53. The fourth-order valence-corrected chi connectivity index (χ4v) is 1.94. The molecule has 0 amide bonds. The van der Waals surface area contributed by atoms with E-state index in [0.29, 0.717) is 11.4 Å². The van der Waals surface area contributed by atoms with Gasteiger partial charge in [-0.25, -0.2) is 9.37 Å². The number of hydrogen-bond donors (Lipinski definition) is 2. The Balaban J connectivity index is 1.79. The van der Waals surface area contributed by atoms with E-state index in [4.69, 9.17) is 10.5 Å². The van der Waals surface area contributed by atoms with Crippen molar-refractivity contribution in [1.82, 2.24) is 9.55 Å². The maximum Gasteiger partial charge on any atom is 0.167 e. The van der Waals surface area contributed by atoms with E-state index in [-0.39, 0.29) is 5.75 Å². The molecule has 0 saturated heterocycles. The number of nitrogens with two attached hydrogens (primary N) is 1. The molecule has 1 aromatic heterocycles. The van der Waals surface area contributed by atoms with Crippen LogP contribution in [-0.4, -0.2) is 23.2 Å². The van der Waals surface area contributed by atoms with Crippen LogP contribution < -0.4 is 15.8 Å². The van der Waals surface area contributed by atoms with Crippen LogP contribution in [0.2, 0.25) is 0 Å². The summed E-state index contributed by atoms with van der Waals surface area (Å²) in [6.07, 6.45) is 7.52. The minimum Gasteiger partial charge on any atom is -0.494 e. The number of aromatic nitrogens is 2. The van der Waals surface area contributed by atoms with Gasteiger partial charge < -0.3 is 20.4 Å². The van der Waals surface area contributed by atoms with Gasteiger partial charge in [0.25, 0.3) is 0 Å². The fraction of sp³-hybridized carbons (Fsp3) is 0.357. The van der Waals surface area contributed by atoms with Crippen molar-refractivity contribution in [3.63, 3.8) is 0 Å². The Kier molecular flexibility index (Phi) is 4.81. The molecule has 6 heteroatoms. The summed E-state index contributed by atoms with van der Waals surface area (Å²) in [4.78, 5) is 3.99. The molecular weight excluding hydrogens is 259 g/mol. The second kappa shape index (κ2) is 6.79. The van der Waals surface area contributed by atoms with Crippen LogP contribution in [0.3, 0.4) is 0 Å². The van der Waals surface area contributed by atoms with Gasteiger partial charge in [0, 0.05) is 37.6 Å². The lowest BCUT2D eigenvalue weighted by atomic mass is 10.2. The summed E-state index contributed by atoms with van der Waals surface area (Å²) in [5, 5.41) is 3.20. The van der Waals surface area contributed by atoms with Crippen LogP contribution in [0.15, 0.2) is 30.9 Å². The average molecular weight is 278 g/mol. The summed E-state index contributed by atoms with van der Waals surface area (Å²) in [5.41, 5.74) is 6.85. The highest BCUT2D eigenvalue weighted by atomic mass is 19.1. The normalized spacial score (nSPS) is 10.5. The molecule has 2 aromatic rings. The number of anilines is 2. The van der Waals surface area contributed by atoms with Crippen LogP contribution in [0.25, 0.3) is 0 Å². The topological polar surface area (TPSA) is 65.1 Å². The van der Waals surface area contributed by atoms with Crippen LogP contribution in [0.1, 0.15) is 12.8 Å². The molecule has 5 nitrogen and oxygen atoms in total. The lowest BCUT2D eigenvalue weighted by Gasteiger charge is -2.11. The van der Waals surface area contributed by atoms with E-state index in [1.165, 1.54) is 13.2 Å². The van der Waals surface area contributed by atoms with Crippen molar-refractivity contribution < 1.29 is 9.13 Å². The molecule has 1 heterocycles. The van der Waals surface area contributed by atoms with Crippen molar-refractivity contribution in [2.45, 2.75) is 19.4 Å². The third kappa shape index (κ3) is 3.63. The first-order chi connectivity index (χ1) is 9.70. The van der Waals surface area contributed by atoms with Gasteiger partial charge in [-0.3, -0.25) is 0 Å². The number of nitrogens with one attached hydrogen (secondary N) is 1. The van der Waals surface area contributed by atoms with E-state index in [9.17, 15) is 4.39 Å². The second-order valence-electron chi connectivity index (χ2n) is 4.51. The molecule has 0 radical (unpaired) electrons. The summed E-state index contributed by atoms with van der Waals surface area (Å²) >= 11 is 0. The van der Waals surface area contributed by atoms with Crippen molar-refractivity contribution in [2.75, 3.05) is 24.7 Å². The summed E-state index contributed by atoms with van der Waals surface area (Å²) < 4.78 is 20.4. The molecule has 0 saturated carbocycles. The Labute approximate surface area is 117 Å². The summed E-state index contributed by atoms with van der Waals surface area (Å²) in [7, 11) is 1.43. The maximum absolute atomic E-state index is 13.4. The number of methoxy groups -OCH3 is 1. The molecule has 0 atom stereocenters. The second-order valence-corrected chi connectivity index (χ2v) is 4.51. The van der Waals surface area contributed by atoms with Crippen molar-refractivity contribution in [1.29, 1.82) is 0 Å². The highest BCUT2D eigenvalue weighted by molar-refractivity contribution is 5.68. The first kappa shape index (κ1) is 14.2. The Morgan fingerprint density at radius 1 is 1.40 bits per heavy atom. The average Bonchev–Trinajstić information content (AvgIpc) is 2.93. The Hall–Kier alpha value is -2.24. The number of unbranched alkanes of at least 4 members (excludes halogenated alkanes) is 1. The van der Waals surface area contributed by atoms with Crippen LogP contribution in [0.4, 0.5) is 15.8 Å². The van der Waals surface area contributed by atoms with E-state index >= 15 is 0 Å². The smallest absolute Gasteiger partial charge is 0.167 e. The van der Waals surface area contributed by atoms with E-state index < -0.39 is 5.82 Å². The third-order valence-corrected chi connectivity index (χ3v) is 3.04. The standard InChI is InChI=1S/C14H19FN4O/c1-20-14-9-13(12(16)8-11(14)15)18-4-2-3-6-19-7-5-17-10-19/h5,7-10,18H,2-4,6,16H2,1H3. The molecule has 0 spiro atoms. The number of nitrogens with zero attached hydrogens (tertiary/aromatic N) is 2. The molecule has 1 aromatic carbocycles. The highest BCUT2D eigenvalue weighted by Crippen LogP contribution is 2.27. The van der Waals surface area contributed by atoms with Gasteiger partial charge in [0.05, 0.1) is 24.8 Å². The summed E-state index contributed by atoms with van der Waals surface area (Å²) in [5.74, 6) is -0.254. The molecule has 2 rings (SSSR count). The number of imidazole rings is 1. The Bertz CT molecular complexity index is 542. The monoisotopic (exact) mass is 278 g/mol. The molecule has 0 unspecified atom stereocenters. The summed E-state index contributed by atoms with van der Waals surface area (Å²) in [6, 6.07) is 2.85. The molecule has 0 aliphatic rings. The predicted molar refractivity (Wildman–Crippen MR) is 77.3 cm³/mol. The number of aryl methyl sites for hydroxylation is 1. The van der Waals surface area contributed by atoms with Gasteiger partial charge in [-0.15, -0.1) is 0 Å². The van der Waals surface area contributed by atoms with Crippen molar-refractivity contribution in [2.24, 2.45) is 0 Å². The zero-order valence-electron chi connectivity index (χ0n) is 11.5. The molecule has 0 bridgehead atoms. The number of benzene rings is 1. The minimum absolute atomic E-state index is 0.195. The zero-order valence-corrected chi connectivity index (χ0v) is 11.5. The molecule has 0 fully saturated rings. The molecule has 3 N–H and O–H groups in total.